The molecule has 1 aromatic carbocycles. The zero-order chi connectivity index (χ0) is 12.7. The maximum Gasteiger partial charge on any atom is 0.303 e. The number of aliphatic carboxylic acids is 1. The number of aliphatic hydroxyl groups is 1. The molecule has 0 spiro atoms. The maximum absolute atomic E-state index is 10.6. The first kappa shape index (κ1) is 11.5. The highest BCUT2D eigenvalue weighted by molar-refractivity contribution is 5.67. The predicted molar refractivity (Wildman–Crippen MR) is 64.8 cm³/mol. The topological polar surface area (TPSA) is 66.8 Å². The fraction of sp³-hybridized carbons (Fsp3) is 0.500. The molecule has 3 atom stereocenters. The molecule has 1 aromatic rings. The summed E-state index contributed by atoms with van der Waals surface area (Å²) in [5, 5.41) is 18.4. The molecule has 0 saturated heterocycles. The van der Waals surface area contributed by atoms with Crippen molar-refractivity contribution in [2.75, 3.05) is 0 Å². The fourth-order valence-corrected chi connectivity index (χ4v) is 3.06. The van der Waals surface area contributed by atoms with Gasteiger partial charge in [0.1, 0.15) is 11.9 Å². The van der Waals surface area contributed by atoms with E-state index in [1.54, 1.807) is 0 Å². The Morgan fingerprint density at radius 1 is 1.39 bits per heavy atom. The van der Waals surface area contributed by atoms with Crippen LogP contribution in [0.4, 0.5) is 0 Å². The Bertz CT molecular complexity index is 483. The van der Waals surface area contributed by atoms with Crippen molar-refractivity contribution in [2.24, 2.45) is 0 Å². The number of carbonyl (C=O) groups is 1. The molecule has 1 fully saturated rings. The molecule has 4 nitrogen and oxygen atoms in total. The minimum Gasteiger partial charge on any atom is -0.489 e. The normalized spacial score (nSPS) is 28.6. The van der Waals surface area contributed by atoms with Gasteiger partial charge in [-0.15, -0.1) is 0 Å². The van der Waals surface area contributed by atoms with E-state index in [0.717, 1.165) is 23.3 Å². The second-order valence-corrected chi connectivity index (χ2v) is 5.12. The molecular weight excluding hydrogens is 232 g/mol. The van der Waals surface area contributed by atoms with Crippen LogP contribution in [0.2, 0.25) is 0 Å². The first-order valence-corrected chi connectivity index (χ1v) is 6.33. The summed E-state index contributed by atoms with van der Waals surface area (Å²) in [5.74, 6) is 0.349. The van der Waals surface area contributed by atoms with Crippen LogP contribution in [0.5, 0.6) is 5.75 Å². The number of hydrogen-bond donors (Lipinski definition) is 2. The number of rotatable bonds is 3. The van der Waals surface area contributed by atoms with Gasteiger partial charge in [0, 0.05) is 24.3 Å². The Balaban J connectivity index is 1.86. The lowest BCUT2D eigenvalue weighted by Gasteiger charge is -2.11. The SMILES string of the molecule is O=C(O)CCc1cccc2c1OC1CC(O)CC21. The number of carboxylic acid groups (broad SMARTS) is 1. The van der Waals surface area contributed by atoms with Crippen molar-refractivity contribution in [1.82, 2.24) is 0 Å². The fourth-order valence-electron chi connectivity index (χ4n) is 3.06. The summed E-state index contributed by atoms with van der Waals surface area (Å²) in [6.07, 6.45) is 1.85. The number of fused-ring (bicyclic) bond motifs is 3. The zero-order valence-electron chi connectivity index (χ0n) is 10.0. The summed E-state index contributed by atoms with van der Waals surface area (Å²) >= 11 is 0. The summed E-state index contributed by atoms with van der Waals surface area (Å²) < 4.78 is 5.91. The van der Waals surface area contributed by atoms with E-state index in [9.17, 15) is 9.90 Å². The van der Waals surface area contributed by atoms with E-state index in [1.165, 1.54) is 0 Å². The van der Waals surface area contributed by atoms with Gasteiger partial charge in [-0.25, -0.2) is 0 Å². The standard InChI is InChI=1S/C14H16O4/c15-9-6-11-10-3-1-2-8(4-5-13(16)17)14(10)18-12(11)7-9/h1-3,9,11-12,15H,4-7H2,(H,16,17). The number of aliphatic hydroxyl groups excluding tert-OH is 1. The van der Waals surface area contributed by atoms with E-state index in [2.05, 4.69) is 0 Å². The Labute approximate surface area is 105 Å². The molecule has 4 heteroatoms. The van der Waals surface area contributed by atoms with Crippen molar-refractivity contribution >= 4 is 5.97 Å². The molecule has 96 valence electrons. The highest BCUT2D eigenvalue weighted by Crippen LogP contribution is 2.48. The number of hydrogen-bond acceptors (Lipinski definition) is 3. The van der Waals surface area contributed by atoms with E-state index >= 15 is 0 Å². The van der Waals surface area contributed by atoms with E-state index in [-0.39, 0.29) is 24.5 Å². The van der Waals surface area contributed by atoms with Crippen LogP contribution in [0.1, 0.15) is 36.3 Å². The number of benzene rings is 1. The van der Waals surface area contributed by atoms with Crippen molar-refractivity contribution in [3.8, 4) is 5.75 Å². The lowest BCUT2D eigenvalue weighted by atomic mass is 9.95. The second kappa shape index (κ2) is 4.28. The van der Waals surface area contributed by atoms with Gasteiger partial charge in [0.15, 0.2) is 0 Å². The molecule has 0 radical (unpaired) electrons. The van der Waals surface area contributed by atoms with Gasteiger partial charge >= 0.3 is 5.97 Å². The quantitative estimate of drug-likeness (QED) is 0.854. The van der Waals surface area contributed by atoms with Crippen molar-refractivity contribution in [3.05, 3.63) is 29.3 Å². The predicted octanol–water partition coefficient (Wildman–Crippen LogP) is 1.70. The molecule has 1 saturated carbocycles. The van der Waals surface area contributed by atoms with Gasteiger partial charge in [0.25, 0.3) is 0 Å². The van der Waals surface area contributed by atoms with Gasteiger partial charge in [0.2, 0.25) is 0 Å². The minimum atomic E-state index is -0.791. The van der Waals surface area contributed by atoms with Crippen LogP contribution in [-0.2, 0) is 11.2 Å². The van der Waals surface area contributed by atoms with Crippen LogP contribution in [0.3, 0.4) is 0 Å². The largest absolute Gasteiger partial charge is 0.489 e. The highest BCUT2D eigenvalue weighted by atomic mass is 16.5. The Kier molecular flexibility index (Phi) is 2.74. The van der Waals surface area contributed by atoms with Gasteiger partial charge in [-0.1, -0.05) is 18.2 Å². The van der Waals surface area contributed by atoms with Gasteiger partial charge in [-0.2, -0.15) is 0 Å². The lowest BCUT2D eigenvalue weighted by Crippen LogP contribution is -2.13. The number of aryl methyl sites for hydroxylation is 1. The summed E-state index contributed by atoms with van der Waals surface area (Å²) in [6.45, 7) is 0. The van der Waals surface area contributed by atoms with E-state index < -0.39 is 5.97 Å². The lowest BCUT2D eigenvalue weighted by molar-refractivity contribution is -0.136. The molecule has 0 aromatic heterocycles. The Morgan fingerprint density at radius 3 is 3.00 bits per heavy atom. The molecule has 18 heavy (non-hydrogen) atoms. The Morgan fingerprint density at radius 2 is 2.22 bits per heavy atom. The molecule has 1 aliphatic carbocycles. The number of carboxylic acids is 1. The number of ether oxygens (including phenoxy) is 1. The summed E-state index contributed by atoms with van der Waals surface area (Å²) in [6, 6.07) is 5.91. The maximum atomic E-state index is 10.6. The van der Waals surface area contributed by atoms with Gasteiger partial charge in [-0.3, -0.25) is 4.79 Å². The van der Waals surface area contributed by atoms with Crippen molar-refractivity contribution in [2.45, 2.75) is 43.8 Å². The third-order valence-corrected chi connectivity index (χ3v) is 3.88. The van der Waals surface area contributed by atoms with Gasteiger partial charge in [0.05, 0.1) is 6.10 Å². The van der Waals surface area contributed by atoms with Crippen LogP contribution < -0.4 is 4.74 Å². The Hall–Kier alpha value is -1.55. The zero-order valence-corrected chi connectivity index (χ0v) is 10.0. The van der Waals surface area contributed by atoms with Crippen LogP contribution in [0, 0.1) is 0 Å². The first-order valence-electron chi connectivity index (χ1n) is 6.33. The molecule has 1 heterocycles. The van der Waals surface area contributed by atoms with Crippen molar-refractivity contribution in [1.29, 1.82) is 0 Å². The van der Waals surface area contributed by atoms with E-state index in [0.29, 0.717) is 12.8 Å². The molecule has 3 unspecified atom stereocenters. The molecule has 3 rings (SSSR count). The summed E-state index contributed by atoms with van der Waals surface area (Å²) in [4.78, 5) is 10.6. The van der Waals surface area contributed by atoms with Crippen LogP contribution in [-0.4, -0.2) is 28.4 Å². The van der Waals surface area contributed by atoms with Crippen LogP contribution in [0.15, 0.2) is 18.2 Å². The highest BCUT2D eigenvalue weighted by Gasteiger charge is 2.42. The van der Waals surface area contributed by atoms with E-state index in [4.69, 9.17) is 9.84 Å². The van der Waals surface area contributed by atoms with Crippen molar-refractivity contribution < 1.29 is 19.7 Å². The monoisotopic (exact) mass is 248 g/mol. The van der Waals surface area contributed by atoms with E-state index in [1.807, 2.05) is 18.2 Å². The molecule has 2 N–H and O–H groups in total. The molecule has 2 aliphatic rings. The third kappa shape index (κ3) is 1.86. The minimum absolute atomic E-state index is 0.0704. The van der Waals surface area contributed by atoms with Crippen LogP contribution >= 0.6 is 0 Å². The molecule has 1 aliphatic heterocycles. The average molecular weight is 248 g/mol. The van der Waals surface area contributed by atoms with Gasteiger partial charge < -0.3 is 14.9 Å². The molecule has 0 amide bonds. The molecule has 0 bridgehead atoms. The third-order valence-electron chi connectivity index (χ3n) is 3.88. The second-order valence-electron chi connectivity index (χ2n) is 5.12. The first-order chi connectivity index (χ1) is 8.65. The molecular formula is C14H16O4. The van der Waals surface area contributed by atoms with Gasteiger partial charge in [-0.05, 0) is 18.4 Å². The van der Waals surface area contributed by atoms with Crippen molar-refractivity contribution in [3.63, 3.8) is 0 Å². The van der Waals surface area contributed by atoms with Crippen LogP contribution in [0.25, 0.3) is 0 Å². The number of para-hydroxylation sites is 1. The summed E-state index contributed by atoms with van der Waals surface area (Å²) in [7, 11) is 0. The smallest absolute Gasteiger partial charge is 0.303 e. The summed E-state index contributed by atoms with van der Waals surface area (Å²) in [5.41, 5.74) is 2.11. The average Bonchev–Trinajstić information content (AvgIpc) is 2.82.